The van der Waals surface area contributed by atoms with Gasteiger partial charge in [0.2, 0.25) is 0 Å². The summed E-state index contributed by atoms with van der Waals surface area (Å²) in [6.45, 7) is 1.55. The van der Waals surface area contributed by atoms with Crippen molar-refractivity contribution in [1.82, 2.24) is 0 Å². The number of aliphatic hydroxyl groups excluding tert-OH is 2. The fourth-order valence-electron chi connectivity index (χ4n) is 2.08. The summed E-state index contributed by atoms with van der Waals surface area (Å²) in [5, 5.41) is 19.5. The third-order valence-corrected chi connectivity index (χ3v) is 4.10. The van der Waals surface area contributed by atoms with E-state index < -0.39 is 5.41 Å². The van der Waals surface area contributed by atoms with Crippen LogP contribution in [0.1, 0.15) is 18.4 Å². The molecule has 2 N–H and O–H groups in total. The van der Waals surface area contributed by atoms with Crippen LogP contribution in [0, 0.1) is 0 Å². The normalized spacial score (nSPS) is 11.8. The predicted molar refractivity (Wildman–Crippen MR) is 81.9 cm³/mol. The first-order chi connectivity index (χ1) is 9.70. The molecule has 114 valence electrons. The molecule has 4 nitrogen and oxygen atoms in total. The van der Waals surface area contributed by atoms with Crippen molar-refractivity contribution in [3.05, 3.63) is 34.3 Å². The maximum atomic E-state index is 9.74. The second-order valence-electron chi connectivity index (χ2n) is 4.79. The molecule has 1 rings (SSSR count). The molecule has 0 amide bonds. The molecule has 1 aromatic carbocycles. The third-order valence-electron chi connectivity index (χ3n) is 3.41. The first-order valence-electron chi connectivity index (χ1n) is 6.73. The van der Waals surface area contributed by atoms with Crippen LogP contribution in [-0.2, 0) is 14.9 Å². The monoisotopic (exact) mass is 346 g/mol. The number of aliphatic hydroxyl groups is 2. The van der Waals surface area contributed by atoms with E-state index in [1.165, 1.54) is 0 Å². The van der Waals surface area contributed by atoms with Gasteiger partial charge in [-0.1, -0.05) is 34.1 Å². The van der Waals surface area contributed by atoms with E-state index in [4.69, 9.17) is 9.47 Å². The van der Waals surface area contributed by atoms with Crippen LogP contribution in [0.25, 0.3) is 0 Å². The molecular weight excluding hydrogens is 324 g/mol. The van der Waals surface area contributed by atoms with Crippen LogP contribution in [0.2, 0.25) is 0 Å². The van der Waals surface area contributed by atoms with Crippen molar-refractivity contribution < 1.29 is 19.7 Å². The minimum absolute atomic E-state index is 0.118. The Kier molecular flexibility index (Phi) is 8.33. The lowest BCUT2D eigenvalue weighted by molar-refractivity contribution is 0.0544. The zero-order valence-electron chi connectivity index (χ0n) is 11.8. The van der Waals surface area contributed by atoms with Gasteiger partial charge < -0.3 is 19.7 Å². The van der Waals surface area contributed by atoms with Gasteiger partial charge >= 0.3 is 0 Å². The molecule has 0 aromatic heterocycles. The van der Waals surface area contributed by atoms with E-state index in [-0.39, 0.29) is 13.2 Å². The SMILES string of the molecule is COCCCOCCC(CO)(CO)c1ccccc1Br. The summed E-state index contributed by atoms with van der Waals surface area (Å²) >= 11 is 3.48. The van der Waals surface area contributed by atoms with Crippen molar-refractivity contribution >= 4 is 15.9 Å². The maximum absolute atomic E-state index is 9.74. The summed E-state index contributed by atoms with van der Waals surface area (Å²) in [5.41, 5.74) is 0.229. The van der Waals surface area contributed by atoms with E-state index in [1.807, 2.05) is 24.3 Å². The maximum Gasteiger partial charge on any atom is 0.0551 e. The average Bonchev–Trinajstić information content (AvgIpc) is 2.48. The van der Waals surface area contributed by atoms with Crippen molar-refractivity contribution in [2.24, 2.45) is 0 Å². The van der Waals surface area contributed by atoms with E-state index in [2.05, 4.69) is 15.9 Å². The molecule has 0 heterocycles. The van der Waals surface area contributed by atoms with E-state index in [1.54, 1.807) is 7.11 Å². The fraction of sp³-hybridized carbons (Fsp3) is 0.600. The van der Waals surface area contributed by atoms with Gasteiger partial charge in [-0.05, 0) is 24.5 Å². The van der Waals surface area contributed by atoms with Crippen LogP contribution in [0.3, 0.4) is 0 Å². The second kappa shape index (κ2) is 9.47. The molecule has 0 saturated carbocycles. The van der Waals surface area contributed by atoms with Gasteiger partial charge in [-0.2, -0.15) is 0 Å². The van der Waals surface area contributed by atoms with Gasteiger partial charge in [0, 0.05) is 36.8 Å². The molecule has 0 bridgehead atoms. The van der Waals surface area contributed by atoms with Gasteiger partial charge in [0.05, 0.1) is 13.2 Å². The van der Waals surface area contributed by atoms with Gasteiger partial charge in [0.1, 0.15) is 0 Å². The molecule has 0 aliphatic heterocycles. The molecule has 0 fully saturated rings. The summed E-state index contributed by atoms with van der Waals surface area (Å²) < 4.78 is 11.4. The zero-order chi connectivity index (χ0) is 14.8. The van der Waals surface area contributed by atoms with Crippen molar-refractivity contribution in [2.75, 3.05) is 40.1 Å². The van der Waals surface area contributed by atoms with Gasteiger partial charge in [-0.25, -0.2) is 0 Å². The van der Waals surface area contributed by atoms with Gasteiger partial charge in [-0.3, -0.25) is 0 Å². The molecule has 5 heteroatoms. The number of hydrogen-bond donors (Lipinski definition) is 2. The van der Waals surface area contributed by atoms with Crippen LogP contribution in [0.5, 0.6) is 0 Å². The Balaban J connectivity index is 2.61. The zero-order valence-corrected chi connectivity index (χ0v) is 13.4. The first kappa shape index (κ1) is 17.6. The molecule has 0 radical (unpaired) electrons. The van der Waals surface area contributed by atoms with Gasteiger partial charge in [0.15, 0.2) is 0 Å². The Bertz CT molecular complexity index is 380. The molecule has 0 spiro atoms. The third kappa shape index (κ3) is 4.82. The van der Waals surface area contributed by atoms with Gasteiger partial charge in [0.25, 0.3) is 0 Å². The molecule has 0 atom stereocenters. The van der Waals surface area contributed by atoms with Crippen LogP contribution in [-0.4, -0.2) is 50.4 Å². The van der Waals surface area contributed by atoms with Crippen LogP contribution >= 0.6 is 15.9 Å². The first-order valence-corrected chi connectivity index (χ1v) is 7.53. The Labute approximate surface area is 128 Å². The standard InChI is InChI=1S/C15H23BrO4/c1-19-8-4-9-20-10-7-15(11-17,12-18)13-5-2-3-6-14(13)16/h2-3,5-6,17-18H,4,7-12H2,1H3. The van der Waals surface area contributed by atoms with E-state index in [0.717, 1.165) is 16.5 Å². The van der Waals surface area contributed by atoms with Gasteiger partial charge in [-0.15, -0.1) is 0 Å². The lowest BCUT2D eigenvalue weighted by Gasteiger charge is -2.31. The number of halogens is 1. The second-order valence-corrected chi connectivity index (χ2v) is 5.64. The Hall–Kier alpha value is -0.460. The summed E-state index contributed by atoms with van der Waals surface area (Å²) in [6, 6.07) is 7.64. The molecular formula is C15H23BrO4. The fourth-order valence-corrected chi connectivity index (χ4v) is 2.78. The van der Waals surface area contributed by atoms with Crippen molar-refractivity contribution in [3.63, 3.8) is 0 Å². The lowest BCUT2D eigenvalue weighted by atomic mass is 9.79. The highest BCUT2D eigenvalue weighted by molar-refractivity contribution is 9.10. The van der Waals surface area contributed by atoms with Crippen LogP contribution in [0.15, 0.2) is 28.7 Å². The lowest BCUT2D eigenvalue weighted by Crippen LogP contribution is -2.36. The Morgan fingerprint density at radius 1 is 1.10 bits per heavy atom. The number of methoxy groups -OCH3 is 1. The van der Waals surface area contributed by atoms with Crippen LogP contribution in [0.4, 0.5) is 0 Å². The van der Waals surface area contributed by atoms with Crippen molar-refractivity contribution in [2.45, 2.75) is 18.3 Å². The topological polar surface area (TPSA) is 58.9 Å². The highest BCUT2D eigenvalue weighted by Crippen LogP contribution is 2.33. The number of ether oxygens (including phenoxy) is 2. The van der Waals surface area contributed by atoms with Crippen molar-refractivity contribution in [1.29, 1.82) is 0 Å². The molecule has 0 aliphatic rings. The van der Waals surface area contributed by atoms with Crippen molar-refractivity contribution in [3.8, 4) is 0 Å². The molecule has 1 aromatic rings. The molecule has 20 heavy (non-hydrogen) atoms. The summed E-state index contributed by atoms with van der Waals surface area (Å²) in [5.74, 6) is 0. The Morgan fingerprint density at radius 3 is 2.40 bits per heavy atom. The number of benzene rings is 1. The highest BCUT2D eigenvalue weighted by Gasteiger charge is 2.32. The van der Waals surface area contributed by atoms with Crippen LogP contribution < -0.4 is 0 Å². The largest absolute Gasteiger partial charge is 0.395 e. The molecule has 0 saturated heterocycles. The van der Waals surface area contributed by atoms with E-state index >= 15 is 0 Å². The molecule has 0 unspecified atom stereocenters. The summed E-state index contributed by atoms with van der Waals surface area (Å²) in [4.78, 5) is 0. The minimum atomic E-state index is -0.679. The highest BCUT2D eigenvalue weighted by atomic mass is 79.9. The number of hydrogen-bond acceptors (Lipinski definition) is 4. The predicted octanol–water partition coefficient (Wildman–Crippen LogP) is 2.11. The summed E-state index contributed by atoms with van der Waals surface area (Å²) in [7, 11) is 1.66. The van der Waals surface area contributed by atoms with E-state index in [9.17, 15) is 10.2 Å². The smallest absolute Gasteiger partial charge is 0.0551 e. The number of rotatable bonds is 10. The summed E-state index contributed by atoms with van der Waals surface area (Å²) in [6.07, 6.45) is 1.41. The average molecular weight is 347 g/mol. The van der Waals surface area contributed by atoms with E-state index in [0.29, 0.717) is 26.2 Å². The Morgan fingerprint density at radius 2 is 1.80 bits per heavy atom. The minimum Gasteiger partial charge on any atom is -0.395 e. The molecule has 0 aliphatic carbocycles. The quantitative estimate of drug-likeness (QED) is 0.637.